The number of carbonyl (C=O) groups is 1. The second-order valence-corrected chi connectivity index (χ2v) is 7.52. The van der Waals surface area contributed by atoms with Gasteiger partial charge in [-0.1, -0.05) is 25.4 Å². The topological polar surface area (TPSA) is 55.8 Å². The second-order valence-electron chi connectivity index (χ2n) is 7.11. The van der Waals surface area contributed by atoms with Crippen LogP contribution in [0.25, 0.3) is 0 Å². The molecule has 1 N–H and O–H groups in total. The van der Waals surface area contributed by atoms with Crippen molar-refractivity contribution in [3.8, 4) is 11.5 Å². The van der Waals surface area contributed by atoms with Gasteiger partial charge in [-0.2, -0.15) is 0 Å². The highest BCUT2D eigenvalue weighted by Crippen LogP contribution is 2.48. The summed E-state index contributed by atoms with van der Waals surface area (Å²) < 4.78 is 11.7. The third-order valence-corrected chi connectivity index (χ3v) is 4.55. The fourth-order valence-corrected chi connectivity index (χ4v) is 3.15. The maximum Gasteiger partial charge on any atom is 0.303 e. The first-order chi connectivity index (χ1) is 10.4. The van der Waals surface area contributed by atoms with Crippen molar-refractivity contribution in [2.45, 2.75) is 39.0 Å². The van der Waals surface area contributed by atoms with Gasteiger partial charge in [0, 0.05) is 5.41 Å². The van der Waals surface area contributed by atoms with Crippen molar-refractivity contribution >= 4 is 17.6 Å². The third-order valence-electron chi connectivity index (χ3n) is 4.27. The Morgan fingerprint density at radius 3 is 2.68 bits per heavy atom. The van der Waals surface area contributed by atoms with Gasteiger partial charge in [0.05, 0.1) is 24.7 Å². The van der Waals surface area contributed by atoms with Gasteiger partial charge >= 0.3 is 5.97 Å². The van der Waals surface area contributed by atoms with E-state index in [1.807, 2.05) is 12.1 Å². The molecule has 3 rings (SSSR count). The quantitative estimate of drug-likeness (QED) is 0.905. The van der Waals surface area contributed by atoms with Crippen LogP contribution in [0.15, 0.2) is 12.1 Å². The van der Waals surface area contributed by atoms with Gasteiger partial charge in [0.1, 0.15) is 0 Å². The van der Waals surface area contributed by atoms with E-state index < -0.39 is 5.97 Å². The molecule has 0 amide bonds. The fraction of sp³-hybridized carbons (Fsp3) is 0.588. The Morgan fingerprint density at radius 1 is 1.36 bits per heavy atom. The van der Waals surface area contributed by atoms with Crippen LogP contribution in [-0.4, -0.2) is 24.3 Å². The Balaban J connectivity index is 1.93. The molecule has 0 aromatic heterocycles. The first kappa shape index (κ1) is 15.5. The van der Waals surface area contributed by atoms with E-state index in [9.17, 15) is 4.79 Å². The highest BCUT2D eigenvalue weighted by atomic mass is 35.5. The van der Waals surface area contributed by atoms with E-state index >= 15 is 0 Å². The summed E-state index contributed by atoms with van der Waals surface area (Å²) in [5, 5.41) is 9.66. The van der Waals surface area contributed by atoms with Crippen molar-refractivity contribution in [1.82, 2.24) is 0 Å². The van der Waals surface area contributed by atoms with Gasteiger partial charge in [-0.05, 0) is 42.4 Å². The summed E-state index contributed by atoms with van der Waals surface area (Å²) in [6.07, 6.45) is 2.29. The smallest absolute Gasteiger partial charge is 0.303 e. The Kier molecular flexibility index (Phi) is 3.98. The number of aliphatic carboxylic acids is 1. The number of hydrogen-bond acceptors (Lipinski definition) is 3. The lowest BCUT2D eigenvalue weighted by molar-refractivity contribution is -0.137. The van der Waals surface area contributed by atoms with Gasteiger partial charge in [0.25, 0.3) is 0 Å². The van der Waals surface area contributed by atoms with Crippen LogP contribution in [-0.2, 0) is 4.79 Å². The second kappa shape index (κ2) is 5.65. The molecule has 1 unspecified atom stereocenters. The lowest BCUT2D eigenvalue weighted by atomic mass is 9.91. The van der Waals surface area contributed by atoms with Crippen LogP contribution in [0.5, 0.6) is 11.5 Å². The van der Waals surface area contributed by atoms with Crippen LogP contribution in [0.4, 0.5) is 0 Å². The number of hydrogen-bond donors (Lipinski definition) is 1. The number of carboxylic acids is 1. The van der Waals surface area contributed by atoms with Crippen molar-refractivity contribution < 1.29 is 19.4 Å². The van der Waals surface area contributed by atoms with Crippen LogP contribution in [0.3, 0.4) is 0 Å². The van der Waals surface area contributed by atoms with Crippen LogP contribution < -0.4 is 9.47 Å². The Morgan fingerprint density at radius 2 is 2.05 bits per heavy atom. The van der Waals surface area contributed by atoms with E-state index in [2.05, 4.69) is 13.8 Å². The van der Waals surface area contributed by atoms with Crippen LogP contribution in [0, 0.1) is 11.3 Å². The van der Waals surface area contributed by atoms with E-state index in [4.69, 9.17) is 26.2 Å². The molecule has 5 heteroatoms. The number of rotatable bonds is 4. The summed E-state index contributed by atoms with van der Waals surface area (Å²) in [7, 11) is 0. The van der Waals surface area contributed by atoms with Gasteiger partial charge in [0.15, 0.2) is 11.5 Å². The number of fused-ring (bicyclic) bond motifs is 1. The van der Waals surface area contributed by atoms with Crippen LogP contribution in [0.1, 0.15) is 44.6 Å². The molecule has 1 saturated carbocycles. The molecule has 0 saturated heterocycles. The molecule has 1 aromatic rings. The summed E-state index contributed by atoms with van der Waals surface area (Å²) in [5.74, 6) is 0.861. The normalized spacial score (nSPS) is 21.0. The monoisotopic (exact) mass is 324 g/mol. The minimum Gasteiger partial charge on any atom is -0.489 e. The molecule has 1 fully saturated rings. The van der Waals surface area contributed by atoms with Gasteiger partial charge in [-0.25, -0.2) is 0 Å². The first-order valence-electron chi connectivity index (χ1n) is 7.66. The fourth-order valence-electron chi connectivity index (χ4n) is 2.88. The lowest BCUT2D eigenvalue weighted by Crippen LogP contribution is -2.26. The molecule has 1 aromatic carbocycles. The predicted octanol–water partition coefficient (Wildman–Crippen LogP) is 4.11. The van der Waals surface area contributed by atoms with Crippen molar-refractivity contribution in [1.29, 1.82) is 0 Å². The summed E-state index contributed by atoms with van der Waals surface area (Å²) in [4.78, 5) is 11.1. The van der Waals surface area contributed by atoms with E-state index in [0.717, 1.165) is 18.4 Å². The van der Waals surface area contributed by atoms with Gasteiger partial charge < -0.3 is 14.6 Å². The van der Waals surface area contributed by atoms with Crippen molar-refractivity contribution in [2.75, 3.05) is 13.2 Å². The number of halogens is 1. The zero-order valence-electron chi connectivity index (χ0n) is 12.9. The SMILES string of the molecule is CC1(C)COc2cc(C(CC(=O)O)C3CC3)cc(Cl)c2OC1. The predicted molar refractivity (Wildman–Crippen MR) is 83.9 cm³/mol. The highest BCUT2D eigenvalue weighted by Gasteiger charge is 2.35. The molecule has 1 aliphatic carbocycles. The molecule has 22 heavy (non-hydrogen) atoms. The minimum absolute atomic E-state index is 0.000151. The molecule has 0 radical (unpaired) electrons. The van der Waals surface area contributed by atoms with Crippen molar-refractivity contribution in [3.05, 3.63) is 22.7 Å². The number of benzene rings is 1. The zero-order valence-corrected chi connectivity index (χ0v) is 13.7. The Hall–Kier alpha value is -1.42. The van der Waals surface area contributed by atoms with Gasteiger partial charge in [-0.15, -0.1) is 0 Å². The molecule has 1 atom stereocenters. The van der Waals surface area contributed by atoms with E-state index in [-0.39, 0.29) is 17.8 Å². The van der Waals surface area contributed by atoms with E-state index in [0.29, 0.717) is 35.7 Å². The molecule has 1 aliphatic heterocycles. The zero-order chi connectivity index (χ0) is 15.9. The largest absolute Gasteiger partial charge is 0.489 e. The summed E-state index contributed by atoms with van der Waals surface area (Å²) in [6, 6.07) is 3.75. The first-order valence-corrected chi connectivity index (χ1v) is 8.04. The molecular formula is C17H21ClO4. The number of carboxylic acid groups (broad SMARTS) is 1. The molecular weight excluding hydrogens is 304 g/mol. The molecule has 0 bridgehead atoms. The van der Waals surface area contributed by atoms with Gasteiger partial charge in [-0.3, -0.25) is 4.79 Å². The lowest BCUT2D eigenvalue weighted by Gasteiger charge is -2.19. The van der Waals surface area contributed by atoms with Gasteiger partial charge in [0.2, 0.25) is 0 Å². The maximum atomic E-state index is 11.1. The average Bonchev–Trinajstić information content (AvgIpc) is 3.25. The molecule has 120 valence electrons. The van der Waals surface area contributed by atoms with E-state index in [1.54, 1.807) is 0 Å². The summed E-state index contributed by atoms with van der Waals surface area (Å²) in [6.45, 7) is 5.24. The molecule has 2 aliphatic rings. The summed E-state index contributed by atoms with van der Waals surface area (Å²) in [5.41, 5.74) is 0.858. The third kappa shape index (κ3) is 3.32. The van der Waals surface area contributed by atoms with Crippen LogP contribution >= 0.6 is 11.6 Å². The van der Waals surface area contributed by atoms with E-state index in [1.165, 1.54) is 0 Å². The molecule has 4 nitrogen and oxygen atoms in total. The molecule has 1 heterocycles. The minimum atomic E-state index is -0.777. The number of ether oxygens (including phenoxy) is 2. The van der Waals surface area contributed by atoms with Crippen molar-refractivity contribution in [2.24, 2.45) is 11.3 Å². The standard InChI is InChI=1S/C17H21ClO4/c1-17(2)8-21-14-6-11(5-13(18)16(14)22-9-17)12(7-15(19)20)10-3-4-10/h5-6,10,12H,3-4,7-9H2,1-2H3,(H,19,20). The van der Waals surface area contributed by atoms with Crippen LogP contribution in [0.2, 0.25) is 5.02 Å². The average molecular weight is 325 g/mol. The highest BCUT2D eigenvalue weighted by molar-refractivity contribution is 6.32. The Bertz CT molecular complexity index is 593. The maximum absolute atomic E-state index is 11.1. The Labute approximate surface area is 135 Å². The summed E-state index contributed by atoms with van der Waals surface area (Å²) >= 11 is 6.37. The molecule has 0 spiro atoms. The van der Waals surface area contributed by atoms with Crippen molar-refractivity contribution in [3.63, 3.8) is 0 Å².